The molecule has 1 atom stereocenters. The maximum absolute atomic E-state index is 10.9. The van der Waals surface area contributed by atoms with Gasteiger partial charge in [-0.3, -0.25) is 4.79 Å². The first kappa shape index (κ1) is 10.6. The predicted molar refractivity (Wildman–Crippen MR) is 55.1 cm³/mol. The van der Waals surface area contributed by atoms with Crippen molar-refractivity contribution in [2.45, 2.75) is 6.10 Å². The average molecular weight is 221 g/mol. The van der Waals surface area contributed by atoms with Crippen LogP contribution in [0.1, 0.15) is 22.0 Å². The summed E-state index contributed by atoms with van der Waals surface area (Å²) in [5.41, 5.74) is 0.984. The number of carboxylic acid groups (broad SMARTS) is 1. The lowest BCUT2D eigenvalue weighted by atomic mass is 10.1. The number of rotatable bonds is 2. The summed E-state index contributed by atoms with van der Waals surface area (Å²) in [5, 5.41) is 11.5. The Hall–Kier alpha value is -1.88. The normalized spacial score (nSPS) is 20.2. The van der Waals surface area contributed by atoms with Crippen LogP contribution < -0.4 is 5.32 Å². The minimum Gasteiger partial charge on any atom is -0.478 e. The third-order valence-corrected chi connectivity index (χ3v) is 2.41. The van der Waals surface area contributed by atoms with Crippen LogP contribution in [-0.4, -0.2) is 30.1 Å². The molecule has 2 rings (SSSR count). The topological polar surface area (TPSA) is 75.6 Å². The molecular weight excluding hydrogens is 210 g/mol. The van der Waals surface area contributed by atoms with Crippen LogP contribution in [0.3, 0.4) is 0 Å². The van der Waals surface area contributed by atoms with E-state index in [1.54, 1.807) is 18.2 Å². The highest BCUT2D eigenvalue weighted by atomic mass is 16.5. The van der Waals surface area contributed by atoms with E-state index in [9.17, 15) is 9.59 Å². The van der Waals surface area contributed by atoms with Crippen molar-refractivity contribution in [3.63, 3.8) is 0 Å². The fourth-order valence-electron chi connectivity index (χ4n) is 1.58. The van der Waals surface area contributed by atoms with E-state index in [-0.39, 0.29) is 24.2 Å². The number of carboxylic acids is 1. The minimum absolute atomic E-state index is 0.0158. The van der Waals surface area contributed by atoms with Crippen molar-refractivity contribution in [3.8, 4) is 0 Å². The van der Waals surface area contributed by atoms with Gasteiger partial charge in [0.2, 0.25) is 5.91 Å². The number of nitrogens with one attached hydrogen (secondary N) is 1. The van der Waals surface area contributed by atoms with Gasteiger partial charge >= 0.3 is 5.97 Å². The molecule has 16 heavy (non-hydrogen) atoms. The molecule has 0 saturated carbocycles. The Morgan fingerprint density at radius 3 is 2.94 bits per heavy atom. The Morgan fingerprint density at radius 2 is 2.31 bits per heavy atom. The number of hydrogen-bond acceptors (Lipinski definition) is 3. The number of hydrogen-bond donors (Lipinski definition) is 2. The molecule has 0 radical (unpaired) electrons. The minimum atomic E-state index is -0.971. The summed E-state index contributed by atoms with van der Waals surface area (Å²) >= 11 is 0. The zero-order valence-corrected chi connectivity index (χ0v) is 8.47. The second-order valence-electron chi connectivity index (χ2n) is 3.53. The van der Waals surface area contributed by atoms with Crippen LogP contribution in [0, 0.1) is 0 Å². The quantitative estimate of drug-likeness (QED) is 0.765. The Kier molecular flexibility index (Phi) is 2.87. The molecule has 1 fully saturated rings. The standard InChI is InChI=1S/C11H11NO4/c13-10-6-16-9(5-12-10)7-2-1-3-8(4-7)11(14)15/h1-4,9H,5-6H2,(H,12,13)(H,14,15). The molecule has 1 heterocycles. The lowest BCUT2D eigenvalue weighted by molar-refractivity contribution is -0.133. The molecule has 5 nitrogen and oxygen atoms in total. The molecule has 1 unspecified atom stereocenters. The summed E-state index contributed by atoms with van der Waals surface area (Å²) in [7, 11) is 0. The summed E-state index contributed by atoms with van der Waals surface area (Å²) < 4.78 is 5.31. The Labute approximate surface area is 92.0 Å². The molecule has 1 aromatic carbocycles. The second kappa shape index (κ2) is 4.32. The lowest BCUT2D eigenvalue weighted by Gasteiger charge is -2.23. The number of ether oxygens (including phenoxy) is 1. The molecule has 0 bridgehead atoms. The Morgan fingerprint density at radius 1 is 1.50 bits per heavy atom. The van der Waals surface area contributed by atoms with E-state index in [0.29, 0.717) is 6.54 Å². The molecule has 1 saturated heterocycles. The van der Waals surface area contributed by atoms with Gasteiger partial charge in [-0.15, -0.1) is 0 Å². The molecule has 1 aromatic rings. The van der Waals surface area contributed by atoms with Crippen molar-refractivity contribution in [1.29, 1.82) is 0 Å². The molecule has 1 amide bonds. The van der Waals surface area contributed by atoms with E-state index in [4.69, 9.17) is 9.84 Å². The molecule has 0 aromatic heterocycles. The Balaban J connectivity index is 2.17. The molecule has 1 aliphatic heterocycles. The monoisotopic (exact) mass is 221 g/mol. The van der Waals surface area contributed by atoms with Crippen LogP contribution in [0.4, 0.5) is 0 Å². The zero-order chi connectivity index (χ0) is 11.5. The number of benzene rings is 1. The van der Waals surface area contributed by atoms with Gasteiger partial charge in [0, 0.05) is 6.54 Å². The van der Waals surface area contributed by atoms with E-state index in [2.05, 4.69) is 5.32 Å². The van der Waals surface area contributed by atoms with Gasteiger partial charge < -0.3 is 15.2 Å². The van der Waals surface area contributed by atoms with Crippen molar-refractivity contribution < 1.29 is 19.4 Å². The number of aromatic carboxylic acids is 1. The van der Waals surface area contributed by atoms with E-state index in [1.807, 2.05) is 0 Å². The van der Waals surface area contributed by atoms with Crippen molar-refractivity contribution in [2.24, 2.45) is 0 Å². The van der Waals surface area contributed by atoms with Crippen LogP contribution in [0.5, 0.6) is 0 Å². The number of amides is 1. The van der Waals surface area contributed by atoms with E-state index < -0.39 is 5.97 Å². The first-order chi connectivity index (χ1) is 7.66. The van der Waals surface area contributed by atoms with Gasteiger partial charge in [-0.05, 0) is 17.7 Å². The Bertz CT molecular complexity index is 420. The van der Waals surface area contributed by atoms with Crippen molar-refractivity contribution >= 4 is 11.9 Å². The summed E-state index contributed by atoms with van der Waals surface area (Å²) in [6, 6.07) is 6.53. The summed E-state index contributed by atoms with van der Waals surface area (Å²) in [5.74, 6) is -1.12. The van der Waals surface area contributed by atoms with Gasteiger partial charge in [-0.2, -0.15) is 0 Å². The zero-order valence-electron chi connectivity index (χ0n) is 8.47. The fourth-order valence-corrected chi connectivity index (χ4v) is 1.58. The van der Waals surface area contributed by atoms with Gasteiger partial charge in [-0.1, -0.05) is 12.1 Å². The second-order valence-corrected chi connectivity index (χ2v) is 3.53. The molecular formula is C11H11NO4. The van der Waals surface area contributed by atoms with Crippen LogP contribution in [-0.2, 0) is 9.53 Å². The lowest BCUT2D eigenvalue weighted by Crippen LogP contribution is -2.38. The average Bonchev–Trinajstić information content (AvgIpc) is 2.30. The highest BCUT2D eigenvalue weighted by Crippen LogP contribution is 2.19. The van der Waals surface area contributed by atoms with E-state index in [0.717, 1.165) is 5.56 Å². The predicted octanol–water partition coefficient (Wildman–Crippen LogP) is 0.572. The summed E-state index contributed by atoms with van der Waals surface area (Å²) in [4.78, 5) is 21.7. The largest absolute Gasteiger partial charge is 0.478 e. The van der Waals surface area contributed by atoms with Gasteiger partial charge in [0.15, 0.2) is 0 Å². The third kappa shape index (κ3) is 2.20. The van der Waals surface area contributed by atoms with Gasteiger partial charge in [-0.25, -0.2) is 4.79 Å². The van der Waals surface area contributed by atoms with Crippen molar-refractivity contribution in [1.82, 2.24) is 5.32 Å². The number of carbonyl (C=O) groups is 2. The first-order valence-corrected chi connectivity index (χ1v) is 4.88. The van der Waals surface area contributed by atoms with Crippen molar-refractivity contribution in [3.05, 3.63) is 35.4 Å². The molecule has 84 valence electrons. The third-order valence-electron chi connectivity index (χ3n) is 2.41. The number of morpholine rings is 1. The van der Waals surface area contributed by atoms with Gasteiger partial charge in [0.25, 0.3) is 0 Å². The summed E-state index contributed by atoms with van der Waals surface area (Å²) in [6.45, 7) is 0.393. The van der Waals surface area contributed by atoms with Crippen LogP contribution in [0.15, 0.2) is 24.3 Å². The van der Waals surface area contributed by atoms with E-state index >= 15 is 0 Å². The number of carbonyl (C=O) groups excluding carboxylic acids is 1. The highest BCUT2D eigenvalue weighted by Gasteiger charge is 2.20. The smallest absolute Gasteiger partial charge is 0.335 e. The first-order valence-electron chi connectivity index (χ1n) is 4.88. The maximum Gasteiger partial charge on any atom is 0.335 e. The molecule has 0 spiro atoms. The summed E-state index contributed by atoms with van der Waals surface area (Å²) in [6.07, 6.45) is -0.267. The van der Waals surface area contributed by atoms with Gasteiger partial charge in [0.05, 0.1) is 5.56 Å². The fraction of sp³-hybridized carbons (Fsp3) is 0.273. The van der Waals surface area contributed by atoms with E-state index in [1.165, 1.54) is 6.07 Å². The molecule has 5 heteroatoms. The van der Waals surface area contributed by atoms with Crippen LogP contribution in [0.25, 0.3) is 0 Å². The van der Waals surface area contributed by atoms with Crippen LogP contribution in [0.2, 0.25) is 0 Å². The molecule has 2 N–H and O–H groups in total. The molecule has 0 aliphatic carbocycles. The SMILES string of the molecule is O=C1COC(c2cccc(C(=O)O)c2)CN1. The maximum atomic E-state index is 10.9. The molecule has 1 aliphatic rings. The van der Waals surface area contributed by atoms with Crippen LogP contribution >= 0.6 is 0 Å². The van der Waals surface area contributed by atoms with Gasteiger partial charge in [0.1, 0.15) is 12.7 Å². The van der Waals surface area contributed by atoms with Crippen molar-refractivity contribution in [2.75, 3.05) is 13.2 Å². The highest BCUT2D eigenvalue weighted by molar-refractivity contribution is 5.87.